The first-order valence-electron chi connectivity index (χ1n) is 4.27. The van der Waals surface area contributed by atoms with Crippen LogP contribution < -0.4 is 0 Å². The minimum Gasteiger partial charge on any atom is -0.475 e. The van der Waals surface area contributed by atoms with E-state index < -0.39 is 5.97 Å². The van der Waals surface area contributed by atoms with E-state index in [-0.39, 0.29) is 11.7 Å². The highest BCUT2D eigenvalue weighted by Gasteiger charge is 2.15. The van der Waals surface area contributed by atoms with E-state index >= 15 is 0 Å². The number of oxazole rings is 1. The van der Waals surface area contributed by atoms with Gasteiger partial charge in [0.15, 0.2) is 0 Å². The zero-order valence-electron chi connectivity index (χ0n) is 8.26. The average molecular weight is 207 g/mol. The second kappa shape index (κ2) is 3.23. The normalized spacial score (nSPS) is 10.5. The van der Waals surface area contributed by atoms with Crippen molar-refractivity contribution in [1.29, 1.82) is 0 Å². The predicted molar refractivity (Wildman–Crippen MR) is 50.4 cm³/mol. The van der Waals surface area contributed by atoms with Gasteiger partial charge in [0.2, 0.25) is 11.7 Å². The Balaban J connectivity index is 2.45. The number of aromatic carboxylic acids is 1. The molecule has 2 rings (SSSR count). The summed E-state index contributed by atoms with van der Waals surface area (Å²) < 4.78 is 6.68. The largest absolute Gasteiger partial charge is 0.475 e. The number of hydrogen-bond donors (Lipinski definition) is 1. The maximum atomic E-state index is 10.6. The standard InChI is InChI=1S/C9H9N3O3/c1-5-6(4-12(2)11-5)8-10-3-7(15-8)9(13)14/h3-4H,1-2H3,(H,13,14). The van der Waals surface area contributed by atoms with Crippen LogP contribution in [0, 0.1) is 6.92 Å². The van der Waals surface area contributed by atoms with Gasteiger partial charge in [-0.25, -0.2) is 9.78 Å². The molecular formula is C9H9N3O3. The van der Waals surface area contributed by atoms with Crippen LogP contribution in [0.1, 0.15) is 16.2 Å². The summed E-state index contributed by atoms with van der Waals surface area (Å²) in [6, 6.07) is 0. The van der Waals surface area contributed by atoms with Gasteiger partial charge in [0.25, 0.3) is 0 Å². The molecule has 0 atom stereocenters. The van der Waals surface area contributed by atoms with Gasteiger partial charge in [-0.15, -0.1) is 0 Å². The van der Waals surface area contributed by atoms with Gasteiger partial charge in [-0.1, -0.05) is 0 Å². The molecule has 0 fully saturated rings. The van der Waals surface area contributed by atoms with E-state index in [0.29, 0.717) is 5.56 Å². The zero-order chi connectivity index (χ0) is 11.0. The first-order valence-corrected chi connectivity index (χ1v) is 4.27. The quantitative estimate of drug-likeness (QED) is 0.796. The van der Waals surface area contributed by atoms with Crippen LogP contribution in [-0.4, -0.2) is 25.8 Å². The summed E-state index contributed by atoms with van der Waals surface area (Å²) in [6.45, 7) is 1.81. The Morgan fingerprint density at radius 2 is 2.33 bits per heavy atom. The third-order valence-corrected chi connectivity index (χ3v) is 1.96. The Morgan fingerprint density at radius 1 is 1.60 bits per heavy atom. The second-order valence-corrected chi connectivity index (χ2v) is 3.14. The van der Waals surface area contributed by atoms with Crippen LogP contribution in [0.2, 0.25) is 0 Å². The van der Waals surface area contributed by atoms with E-state index in [1.165, 1.54) is 6.20 Å². The molecule has 1 N–H and O–H groups in total. The number of carbonyl (C=O) groups is 1. The topological polar surface area (TPSA) is 81.2 Å². The number of rotatable bonds is 2. The van der Waals surface area contributed by atoms with Crippen molar-refractivity contribution >= 4 is 5.97 Å². The van der Waals surface area contributed by atoms with Crippen LogP contribution in [0.15, 0.2) is 16.8 Å². The fraction of sp³-hybridized carbons (Fsp3) is 0.222. The van der Waals surface area contributed by atoms with Crippen molar-refractivity contribution < 1.29 is 14.3 Å². The first-order chi connectivity index (χ1) is 7.08. The fourth-order valence-electron chi connectivity index (χ4n) is 1.31. The molecule has 0 saturated carbocycles. The Morgan fingerprint density at radius 3 is 2.80 bits per heavy atom. The van der Waals surface area contributed by atoms with Crippen molar-refractivity contribution in [3.63, 3.8) is 0 Å². The monoisotopic (exact) mass is 207 g/mol. The minimum absolute atomic E-state index is 0.173. The highest BCUT2D eigenvalue weighted by molar-refractivity contribution is 5.84. The summed E-state index contributed by atoms with van der Waals surface area (Å²) in [7, 11) is 1.78. The van der Waals surface area contributed by atoms with Crippen LogP contribution in [-0.2, 0) is 7.05 Å². The maximum absolute atomic E-state index is 10.6. The fourth-order valence-corrected chi connectivity index (χ4v) is 1.31. The highest BCUT2D eigenvalue weighted by Crippen LogP contribution is 2.21. The Hall–Kier alpha value is -2.11. The summed E-state index contributed by atoms with van der Waals surface area (Å²) in [4.78, 5) is 14.5. The molecule has 2 aromatic rings. The molecule has 0 aliphatic heterocycles. The van der Waals surface area contributed by atoms with Crippen LogP contribution in [0.4, 0.5) is 0 Å². The molecule has 0 radical (unpaired) electrons. The molecule has 2 aromatic heterocycles. The number of nitrogens with zero attached hydrogens (tertiary/aromatic N) is 3. The van der Waals surface area contributed by atoms with Gasteiger partial charge < -0.3 is 9.52 Å². The summed E-state index contributed by atoms with van der Waals surface area (Å²) in [5.41, 5.74) is 1.45. The molecule has 0 amide bonds. The lowest BCUT2D eigenvalue weighted by Crippen LogP contribution is -1.91. The van der Waals surface area contributed by atoms with Crippen molar-refractivity contribution in [2.45, 2.75) is 6.92 Å². The molecule has 0 bridgehead atoms. The molecule has 78 valence electrons. The average Bonchev–Trinajstić information content (AvgIpc) is 2.71. The van der Waals surface area contributed by atoms with Crippen LogP contribution in [0.3, 0.4) is 0 Å². The second-order valence-electron chi connectivity index (χ2n) is 3.14. The van der Waals surface area contributed by atoms with E-state index in [1.807, 2.05) is 0 Å². The molecular weight excluding hydrogens is 198 g/mol. The third kappa shape index (κ3) is 1.61. The number of carboxylic acids is 1. The van der Waals surface area contributed by atoms with Crippen LogP contribution >= 0.6 is 0 Å². The number of hydrogen-bond acceptors (Lipinski definition) is 4. The molecule has 6 heteroatoms. The first kappa shape index (κ1) is 9.45. The molecule has 0 aromatic carbocycles. The van der Waals surface area contributed by atoms with Crippen molar-refractivity contribution in [3.05, 3.63) is 23.8 Å². The van der Waals surface area contributed by atoms with Crippen molar-refractivity contribution in [1.82, 2.24) is 14.8 Å². The summed E-state index contributed by atoms with van der Waals surface area (Å²) >= 11 is 0. The third-order valence-electron chi connectivity index (χ3n) is 1.96. The lowest BCUT2D eigenvalue weighted by Gasteiger charge is -1.89. The Kier molecular flexibility index (Phi) is 2.03. The van der Waals surface area contributed by atoms with E-state index in [0.717, 1.165) is 5.69 Å². The summed E-state index contributed by atoms with van der Waals surface area (Å²) in [5, 5.41) is 12.8. The highest BCUT2D eigenvalue weighted by atomic mass is 16.4. The van der Waals surface area contributed by atoms with E-state index in [1.54, 1.807) is 24.9 Å². The molecule has 0 unspecified atom stereocenters. The van der Waals surface area contributed by atoms with E-state index in [2.05, 4.69) is 10.1 Å². The minimum atomic E-state index is -1.13. The molecule has 15 heavy (non-hydrogen) atoms. The van der Waals surface area contributed by atoms with Gasteiger partial charge >= 0.3 is 5.97 Å². The van der Waals surface area contributed by atoms with Gasteiger partial charge in [0.05, 0.1) is 17.5 Å². The van der Waals surface area contributed by atoms with Crippen LogP contribution in [0.5, 0.6) is 0 Å². The number of aromatic nitrogens is 3. The van der Waals surface area contributed by atoms with Gasteiger partial charge in [-0.3, -0.25) is 4.68 Å². The lowest BCUT2D eigenvalue weighted by atomic mass is 10.3. The van der Waals surface area contributed by atoms with Gasteiger partial charge in [-0.2, -0.15) is 5.10 Å². The van der Waals surface area contributed by atoms with Gasteiger partial charge in [0.1, 0.15) is 0 Å². The van der Waals surface area contributed by atoms with E-state index in [9.17, 15) is 4.79 Å². The Labute approximate surface area is 85.2 Å². The molecule has 2 heterocycles. The molecule has 0 aliphatic carbocycles. The predicted octanol–water partition coefficient (Wildman–Crippen LogP) is 1.08. The number of carboxylic acid groups (broad SMARTS) is 1. The lowest BCUT2D eigenvalue weighted by molar-refractivity contribution is 0.0663. The summed E-state index contributed by atoms with van der Waals surface area (Å²) in [5.74, 6) is -1.03. The summed E-state index contributed by atoms with van der Waals surface area (Å²) in [6.07, 6.45) is 2.91. The van der Waals surface area contributed by atoms with Crippen molar-refractivity contribution in [2.75, 3.05) is 0 Å². The zero-order valence-corrected chi connectivity index (χ0v) is 8.26. The molecule has 6 nitrogen and oxygen atoms in total. The molecule has 0 saturated heterocycles. The number of aryl methyl sites for hydroxylation is 2. The smallest absolute Gasteiger partial charge is 0.373 e. The van der Waals surface area contributed by atoms with Crippen molar-refractivity contribution in [2.24, 2.45) is 7.05 Å². The molecule has 0 spiro atoms. The maximum Gasteiger partial charge on any atom is 0.373 e. The van der Waals surface area contributed by atoms with Crippen LogP contribution in [0.25, 0.3) is 11.5 Å². The molecule has 0 aliphatic rings. The van der Waals surface area contributed by atoms with E-state index in [4.69, 9.17) is 9.52 Å². The van der Waals surface area contributed by atoms with Gasteiger partial charge in [-0.05, 0) is 6.92 Å². The van der Waals surface area contributed by atoms with Crippen molar-refractivity contribution in [3.8, 4) is 11.5 Å². The van der Waals surface area contributed by atoms with Gasteiger partial charge in [0, 0.05) is 13.2 Å². The Bertz CT molecular complexity index is 512. The SMILES string of the molecule is Cc1nn(C)cc1-c1ncc(C(=O)O)o1.